The van der Waals surface area contributed by atoms with Gasteiger partial charge in [-0.2, -0.15) is 0 Å². The number of nitrogens with one attached hydrogen (secondary N) is 1. The van der Waals surface area contributed by atoms with E-state index in [0.717, 1.165) is 34.1 Å². The number of hydrogen-bond acceptors (Lipinski definition) is 6. The van der Waals surface area contributed by atoms with Gasteiger partial charge in [0.15, 0.2) is 0 Å². The van der Waals surface area contributed by atoms with E-state index in [1.54, 1.807) is 24.8 Å². The highest BCUT2D eigenvalue weighted by atomic mass is 32.2. The van der Waals surface area contributed by atoms with Crippen molar-refractivity contribution in [3.63, 3.8) is 0 Å². The van der Waals surface area contributed by atoms with Crippen LogP contribution in [0.5, 0.6) is 5.75 Å². The smallest absolute Gasteiger partial charge is 0.234 e. The lowest BCUT2D eigenvalue weighted by Crippen LogP contribution is -2.14. The van der Waals surface area contributed by atoms with Gasteiger partial charge in [0.25, 0.3) is 0 Å². The number of thiophene rings is 1. The molecule has 1 aromatic carbocycles. The lowest BCUT2D eigenvalue weighted by atomic mass is 10.1. The average molecular weight is 400 g/mol. The first-order chi connectivity index (χ1) is 13.2. The number of carbonyl (C=O) groups is 1. The van der Waals surface area contributed by atoms with Gasteiger partial charge in [-0.15, -0.1) is 11.3 Å². The molecule has 0 unspecified atom stereocenters. The van der Waals surface area contributed by atoms with Crippen LogP contribution in [-0.2, 0) is 17.6 Å². The lowest BCUT2D eigenvalue weighted by Gasteiger charge is -2.07. The van der Waals surface area contributed by atoms with E-state index < -0.39 is 0 Å². The standard InChI is InChI=1S/C20H21N3O2S2/c1-25-14-9-7-13(8-10-14)23-17(24)11-26-19-18-15-5-3-2-4-6-16(15)27-20(18)22-12-21-19/h7-10,12H,2-6,11H2,1H3,(H,23,24). The van der Waals surface area contributed by atoms with Gasteiger partial charge in [-0.3, -0.25) is 4.79 Å². The summed E-state index contributed by atoms with van der Waals surface area (Å²) in [5, 5.41) is 5.01. The number of aromatic nitrogens is 2. The molecule has 0 bridgehead atoms. The van der Waals surface area contributed by atoms with Crippen molar-refractivity contribution in [2.24, 2.45) is 0 Å². The number of fused-ring (bicyclic) bond motifs is 3. The first-order valence-electron chi connectivity index (χ1n) is 9.06. The van der Waals surface area contributed by atoms with Crippen LogP contribution >= 0.6 is 23.1 Å². The average Bonchev–Trinajstić information content (AvgIpc) is 2.89. The molecule has 1 aliphatic carbocycles. The molecule has 2 aromatic heterocycles. The highest BCUT2D eigenvalue weighted by Crippen LogP contribution is 2.38. The van der Waals surface area contributed by atoms with Crippen LogP contribution in [0.3, 0.4) is 0 Å². The second kappa shape index (κ2) is 8.27. The number of amides is 1. The third kappa shape index (κ3) is 4.09. The molecule has 0 radical (unpaired) electrons. The number of ether oxygens (including phenoxy) is 1. The summed E-state index contributed by atoms with van der Waals surface area (Å²) in [6.07, 6.45) is 7.59. The Morgan fingerprint density at radius 2 is 2.00 bits per heavy atom. The monoisotopic (exact) mass is 399 g/mol. The van der Waals surface area contributed by atoms with E-state index >= 15 is 0 Å². The number of rotatable bonds is 5. The van der Waals surface area contributed by atoms with Crippen LogP contribution in [0, 0.1) is 0 Å². The molecule has 4 rings (SSSR count). The van der Waals surface area contributed by atoms with Gasteiger partial charge in [0.1, 0.15) is 21.9 Å². The molecule has 3 aromatic rings. The van der Waals surface area contributed by atoms with Crippen LogP contribution in [0.4, 0.5) is 5.69 Å². The van der Waals surface area contributed by atoms with E-state index in [-0.39, 0.29) is 5.91 Å². The maximum Gasteiger partial charge on any atom is 0.234 e. The number of aryl methyl sites for hydroxylation is 2. The fraction of sp³-hybridized carbons (Fsp3) is 0.350. The summed E-state index contributed by atoms with van der Waals surface area (Å²) in [6, 6.07) is 7.33. The zero-order chi connectivity index (χ0) is 18.6. The summed E-state index contributed by atoms with van der Waals surface area (Å²) in [6.45, 7) is 0. The molecule has 0 saturated carbocycles. The summed E-state index contributed by atoms with van der Waals surface area (Å²) in [7, 11) is 1.62. The fourth-order valence-electron chi connectivity index (χ4n) is 3.35. The Morgan fingerprint density at radius 3 is 2.81 bits per heavy atom. The first-order valence-corrected chi connectivity index (χ1v) is 10.9. The summed E-state index contributed by atoms with van der Waals surface area (Å²) in [4.78, 5) is 23.8. The normalized spacial score (nSPS) is 13.8. The quantitative estimate of drug-likeness (QED) is 0.383. The number of benzene rings is 1. The van der Waals surface area contributed by atoms with Gasteiger partial charge < -0.3 is 10.1 Å². The lowest BCUT2D eigenvalue weighted by molar-refractivity contribution is -0.113. The van der Waals surface area contributed by atoms with Crippen LogP contribution in [0.25, 0.3) is 10.2 Å². The predicted molar refractivity (Wildman–Crippen MR) is 111 cm³/mol. The minimum absolute atomic E-state index is 0.0433. The van der Waals surface area contributed by atoms with Crippen molar-refractivity contribution in [1.29, 1.82) is 0 Å². The number of methoxy groups -OCH3 is 1. The highest BCUT2D eigenvalue weighted by Gasteiger charge is 2.19. The van der Waals surface area contributed by atoms with Crippen molar-refractivity contribution in [3.05, 3.63) is 41.0 Å². The van der Waals surface area contributed by atoms with E-state index in [1.807, 2.05) is 24.3 Å². The van der Waals surface area contributed by atoms with Crippen LogP contribution in [0.2, 0.25) is 0 Å². The molecule has 7 heteroatoms. The van der Waals surface area contributed by atoms with Crippen molar-refractivity contribution in [3.8, 4) is 5.75 Å². The van der Waals surface area contributed by atoms with Crippen molar-refractivity contribution in [2.45, 2.75) is 37.1 Å². The number of thioether (sulfide) groups is 1. The SMILES string of the molecule is COc1ccc(NC(=O)CSc2ncnc3sc4c(c23)CCCCC4)cc1. The van der Waals surface area contributed by atoms with E-state index in [0.29, 0.717) is 5.75 Å². The molecule has 0 fully saturated rings. The summed E-state index contributed by atoms with van der Waals surface area (Å²) in [5.41, 5.74) is 2.17. The van der Waals surface area contributed by atoms with Gasteiger partial charge in [0.05, 0.1) is 12.9 Å². The topological polar surface area (TPSA) is 64.1 Å². The van der Waals surface area contributed by atoms with Crippen LogP contribution in [0.1, 0.15) is 29.7 Å². The minimum Gasteiger partial charge on any atom is -0.497 e. The van der Waals surface area contributed by atoms with Gasteiger partial charge in [-0.1, -0.05) is 18.2 Å². The Morgan fingerprint density at radius 1 is 1.19 bits per heavy atom. The molecule has 2 heterocycles. The largest absolute Gasteiger partial charge is 0.497 e. The molecule has 27 heavy (non-hydrogen) atoms. The molecule has 0 saturated heterocycles. The minimum atomic E-state index is -0.0433. The number of hydrogen-bond donors (Lipinski definition) is 1. The molecule has 0 spiro atoms. The zero-order valence-corrected chi connectivity index (χ0v) is 16.8. The summed E-state index contributed by atoms with van der Waals surface area (Å²) < 4.78 is 5.14. The molecular weight excluding hydrogens is 378 g/mol. The molecule has 1 aliphatic rings. The Labute approximate surface area is 166 Å². The Balaban J connectivity index is 1.48. The number of nitrogens with zero attached hydrogens (tertiary/aromatic N) is 2. The molecule has 5 nitrogen and oxygen atoms in total. The molecule has 1 N–H and O–H groups in total. The third-order valence-electron chi connectivity index (χ3n) is 4.68. The van der Waals surface area contributed by atoms with Gasteiger partial charge in [-0.25, -0.2) is 9.97 Å². The second-order valence-electron chi connectivity index (χ2n) is 6.49. The Hall–Kier alpha value is -2.12. The van der Waals surface area contributed by atoms with Gasteiger partial charge in [0.2, 0.25) is 5.91 Å². The van der Waals surface area contributed by atoms with Crippen LogP contribution in [0.15, 0.2) is 35.6 Å². The van der Waals surface area contributed by atoms with Crippen LogP contribution in [-0.4, -0.2) is 28.7 Å². The van der Waals surface area contributed by atoms with E-state index in [9.17, 15) is 4.79 Å². The van der Waals surface area contributed by atoms with E-state index in [2.05, 4.69) is 15.3 Å². The molecule has 1 amide bonds. The molecule has 0 atom stereocenters. The Kier molecular flexibility index (Phi) is 5.59. The Bertz CT molecular complexity index is 954. The number of carbonyl (C=O) groups excluding carboxylic acids is 1. The molecular formula is C20H21N3O2S2. The maximum atomic E-state index is 12.4. The highest BCUT2D eigenvalue weighted by molar-refractivity contribution is 8.00. The zero-order valence-electron chi connectivity index (χ0n) is 15.2. The summed E-state index contributed by atoms with van der Waals surface area (Å²) >= 11 is 3.28. The summed E-state index contributed by atoms with van der Waals surface area (Å²) in [5.74, 6) is 1.05. The maximum absolute atomic E-state index is 12.4. The van der Waals surface area contributed by atoms with E-state index in [1.165, 1.54) is 46.9 Å². The van der Waals surface area contributed by atoms with E-state index in [4.69, 9.17) is 4.74 Å². The molecule has 0 aliphatic heterocycles. The van der Waals surface area contributed by atoms with Crippen molar-refractivity contribution < 1.29 is 9.53 Å². The van der Waals surface area contributed by atoms with Crippen molar-refractivity contribution in [1.82, 2.24) is 9.97 Å². The predicted octanol–water partition coefficient (Wildman–Crippen LogP) is 4.70. The van der Waals surface area contributed by atoms with Crippen molar-refractivity contribution >= 4 is 44.9 Å². The fourth-order valence-corrected chi connectivity index (χ4v) is 5.47. The molecule has 140 valence electrons. The van der Waals surface area contributed by atoms with Gasteiger partial charge >= 0.3 is 0 Å². The third-order valence-corrected chi connectivity index (χ3v) is 6.87. The van der Waals surface area contributed by atoms with Crippen molar-refractivity contribution in [2.75, 3.05) is 18.2 Å². The first kappa shape index (κ1) is 18.3. The number of anilines is 1. The van der Waals surface area contributed by atoms with Crippen LogP contribution < -0.4 is 10.1 Å². The van der Waals surface area contributed by atoms with Gasteiger partial charge in [0, 0.05) is 16.0 Å². The van der Waals surface area contributed by atoms with Gasteiger partial charge in [-0.05, 0) is 55.5 Å². The second-order valence-corrected chi connectivity index (χ2v) is 8.54.